The van der Waals surface area contributed by atoms with Crippen LogP contribution in [0.3, 0.4) is 0 Å². The van der Waals surface area contributed by atoms with Crippen molar-refractivity contribution in [1.29, 1.82) is 0 Å². The number of halogens is 1. The van der Waals surface area contributed by atoms with Crippen LogP contribution in [0.5, 0.6) is 0 Å². The van der Waals surface area contributed by atoms with Gasteiger partial charge >= 0.3 is 0 Å². The van der Waals surface area contributed by atoms with Gasteiger partial charge in [-0.2, -0.15) is 5.43 Å². The summed E-state index contributed by atoms with van der Waals surface area (Å²) in [5.41, 5.74) is 5.85. The van der Waals surface area contributed by atoms with Gasteiger partial charge < -0.3 is 10.6 Å². The molecule has 7 heteroatoms. The van der Waals surface area contributed by atoms with E-state index in [-0.39, 0.29) is 17.0 Å². The molecule has 0 fully saturated rings. The van der Waals surface area contributed by atoms with Gasteiger partial charge in [-0.3, -0.25) is 9.80 Å². The van der Waals surface area contributed by atoms with Crippen molar-refractivity contribution in [2.45, 2.75) is 25.0 Å². The van der Waals surface area contributed by atoms with Crippen LogP contribution in [0, 0.1) is 0 Å². The Morgan fingerprint density at radius 3 is 3.05 bits per heavy atom. The number of rotatable bonds is 2. The van der Waals surface area contributed by atoms with E-state index in [1.165, 1.54) is 0 Å². The molecular weight excluding hydrogens is 322 g/mol. The number of carbonyl (C=O) groups excluding carboxylic acids is 1. The fourth-order valence-corrected chi connectivity index (χ4v) is 2.86. The number of aliphatic imine (C=N–C) groups is 1. The maximum absolute atomic E-state index is 11.7. The topological polar surface area (TPSA) is 68.8 Å². The van der Waals surface area contributed by atoms with Crippen LogP contribution in [0.15, 0.2) is 23.2 Å². The van der Waals surface area contributed by atoms with E-state index in [2.05, 4.69) is 37.0 Å². The summed E-state index contributed by atoms with van der Waals surface area (Å²) in [6.07, 6.45) is 0. The summed E-state index contributed by atoms with van der Waals surface area (Å²) in [7, 11) is 0. The molecule has 0 aromatic heterocycles. The number of nitrogens with one attached hydrogen (secondary N) is 3. The van der Waals surface area contributed by atoms with Gasteiger partial charge in [0.25, 0.3) is 5.91 Å². The van der Waals surface area contributed by atoms with Gasteiger partial charge in [-0.05, 0) is 53.5 Å². The smallest absolute Gasteiger partial charge is 0.252 e. The highest BCUT2D eigenvalue weighted by Crippen LogP contribution is 2.28. The first-order chi connectivity index (χ1) is 9.58. The Balaban J connectivity index is 1.84. The molecule has 6 nitrogen and oxygen atoms in total. The molecule has 0 spiro atoms. The molecule has 106 valence electrons. The fraction of sp³-hybridized carbons (Fsp3) is 0.385. The summed E-state index contributed by atoms with van der Waals surface area (Å²) in [6.45, 7) is 4.83. The highest BCUT2D eigenvalue weighted by molar-refractivity contribution is 9.09. The van der Waals surface area contributed by atoms with Gasteiger partial charge in [0.2, 0.25) is 5.96 Å². The Kier molecular flexibility index (Phi) is 3.39. The largest absolute Gasteiger partial charge is 0.345 e. The summed E-state index contributed by atoms with van der Waals surface area (Å²) in [4.78, 5) is 16.1. The summed E-state index contributed by atoms with van der Waals surface area (Å²) < 4.78 is 0. The lowest BCUT2D eigenvalue weighted by atomic mass is 10.1. The normalized spacial score (nSPS) is 24.4. The number of hydrazine groups is 1. The number of carbonyl (C=O) groups is 1. The lowest BCUT2D eigenvalue weighted by Gasteiger charge is -2.19. The molecule has 3 N–H and O–H groups in total. The van der Waals surface area contributed by atoms with E-state index >= 15 is 0 Å². The van der Waals surface area contributed by atoms with Crippen LogP contribution < -0.4 is 16.1 Å². The van der Waals surface area contributed by atoms with Crippen LogP contribution in [0.1, 0.15) is 35.8 Å². The Hall–Kier alpha value is -1.60. The van der Waals surface area contributed by atoms with Crippen molar-refractivity contribution in [2.75, 3.05) is 11.9 Å². The Labute approximate surface area is 125 Å². The number of alkyl halides is 1. The summed E-state index contributed by atoms with van der Waals surface area (Å²) in [5.74, 6) is 0.758. The minimum Gasteiger partial charge on any atom is -0.345 e. The first-order valence-corrected chi connectivity index (χ1v) is 7.47. The number of amides is 1. The highest BCUT2D eigenvalue weighted by Gasteiger charge is 2.26. The Bertz CT molecular complexity index is 588. The van der Waals surface area contributed by atoms with E-state index < -0.39 is 0 Å². The predicted octanol–water partition coefficient (Wildman–Crippen LogP) is 1.78. The zero-order chi connectivity index (χ0) is 14.3. The van der Waals surface area contributed by atoms with Gasteiger partial charge in [-0.25, -0.2) is 4.99 Å². The second-order valence-electron chi connectivity index (χ2n) is 4.78. The molecule has 2 atom stereocenters. The molecule has 1 amide bonds. The first kappa shape index (κ1) is 13.4. The summed E-state index contributed by atoms with van der Waals surface area (Å²) in [6, 6.07) is 5.79. The minimum atomic E-state index is -0.110. The van der Waals surface area contributed by atoms with Crippen LogP contribution >= 0.6 is 15.9 Å². The van der Waals surface area contributed by atoms with Crippen molar-refractivity contribution in [3.05, 3.63) is 29.3 Å². The second kappa shape index (κ2) is 5.06. The Morgan fingerprint density at radius 1 is 1.50 bits per heavy atom. The lowest BCUT2D eigenvalue weighted by Crippen LogP contribution is -2.41. The van der Waals surface area contributed by atoms with Crippen LogP contribution in [0.2, 0.25) is 0 Å². The highest BCUT2D eigenvalue weighted by atomic mass is 79.9. The molecule has 2 heterocycles. The van der Waals surface area contributed by atoms with Gasteiger partial charge in [0.15, 0.2) is 5.08 Å². The number of guanidine groups is 1. The lowest BCUT2D eigenvalue weighted by molar-refractivity contribution is 0.0958. The summed E-state index contributed by atoms with van der Waals surface area (Å²) >= 11 is 3.41. The van der Waals surface area contributed by atoms with Crippen molar-refractivity contribution in [2.24, 2.45) is 4.99 Å². The van der Waals surface area contributed by atoms with E-state index in [4.69, 9.17) is 0 Å². The number of anilines is 1. The molecule has 0 aliphatic carbocycles. The van der Waals surface area contributed by atoms with E-state index in [1.54, 1.807) is 0 Å². The van der Waals surface area contributed by atoms with Gasteiger partial charge in [-0.15, -0.1) is 0 Å². The molecule has 20 heavy (non-hydrogen) atoms. The van der Waals surface area contributed by atoms with Crippen molar-refractivity contribution >= 4 is 33.5 Å². The number of hydrogen-bond acceptors (Lipinski definition) is 5. The van der Waals surface area contributed by atoms with Crippen LogP contribution in [0.4, 0.5) is 5.69 Å². The molecule has 0 radical (unpaired) electrons. The SMILES string of the molecule is CCN1NC(Br)N=C1Nc1ccc2c(c1)C(C)NC2=O. The van der Waals surface area contributed by atoms with Crippen molar-refractivity contribution in [1.82, 2.24) is 15.8 Å². The van der Waals surface area contributed by atoms with Crippen LogP contribution in [-0.4, -0.2) is 28.5 Å². The zero-order valence-corrected chi connectivity index (χ0v) is 12.9. The quantitative estimate of drug-likeness (QED) is 0.568. The number of fused-ring (bicyclic) bond motifs is 1. The van der Waals surface area contributed by atoms with Crippen molar-refractivity contribution in [3.63, 3.8) is 0 Å². The van der Waals surface area contributed by atoms with E-state index in [9.17, 15) is 4.79 Å². The molecule has 2 unspecified atom stereocenters. The maximum Gasteiger partial charge on any atom is 0.252 e. The third-order valence-corrected chi connectivity index (χ3v) is 3.85. The van der Waals surface area contributed by atoms with Crippen LogP contribution in [-0.2, 0) is 0 Å². The molecule has 1 aromatic rings. The number of hydrogen-bond donors (Lipinski definition) is 3. The minimum absolute atomic E-state index is 0.00497. The molecule has 1 aromatic carbocycles. The zero-order valence-electron chi connectivity index (χ0n) is 11.3. The average molecular weight is 338 g/mol. The van der Waals surface area contributed by atoms with Crippen molar-refractivity contribution < 1.29 is 4.79 Å². The molecular formula is C13H16BrN5O. The summed E-state index contributed by atoms with van der Waals surface area (Å²) in [5, 5.41) is 8.00. The number of benzene rings is 1. The number of nitrogens with zero attached hydrogens (tertiary/aromatic N) is 2. The second-order valence-corrected chi connectivity index (χ2v) is 5.65. The molecule has 0 bridgehead atoms. The van der Waals surface area contributed by atoms with Gasteiger partial charge in [-0.1, -0.05) is 0 Å². The van der Waals surface area contributed by atoms with E-state index in [0.717, 1.165) is 29.3 Å². The fourth-order valence-electron chi connectivity index (χ4n) is 2.42. The molecule has 0 saturated carbocycles. The third-order valence-electron chi connectivity index (χ3n) is 3.44. The standard InChI is InChI=1S/C13H16BrN5O/c1-3-19-13(17-12(14)18-19)16-8-4-5-9-10(6-8)7(2)15-11(9)20/h4-7,12,18H,3H2,1-2H3,(H,15,20)(H,16,17). The molecule has 2 aliphatic heterocycles. The monoisotopic (exact) mass is 337 g/mol. The predicted molar refractivity (Wildman–Crippen MR) is 81.6 cm³/mol. The average Bonchev–Trinajstić information content (AvgIpc) is 2.91. The van der Waals surface area contributed by atoms with Gasteiger partial charge in [0, 0.05) is 17.8 Å². The molecule has 3 rings (SSSR count). The van der Waals surface area contributed by atoms with Crippen molar-refractivity contribution in [3.8, 4) is 0 Å². The van der Waals surface area contributed by atoms with E-state index in [1.807, 2.05) is 37.1 Å². The van der Waals surface area contributed by atoms with Gasteiger partial charge in [0.05, 0.1) is 6.04 Å². The first-order valence-electron chi connectivity index (χ1n) is 6.56. The van der Waals surface area contributed by atoms with Gasteiger partial charge in [0.1, 0.15) is 0 Å². The van der Waals surface area contributed by atoms with Crippen LogP contribution in [0.25, 0.3) is 0 Å². The Morgan fingerprint density at radius 2 is 2.30 bits per heavy atom. The van der Waals surface area contributed by atoms with E-state index in [0.29, 0.717) is 0 Å². The molecule has 2 aliphatic rings. The third kappa shape index (κ3) is 2.27. The maximum atomic E-state index is 11.7. The molecule has 0 saturated heterocycles.